The summed E-state index contributed by atoms with van der Waals surface area (Å²) in [5.74, 6) is 0. The van der Waals surface area contributed by atoms with Crippen molar-refractivity contribution in [1.29, 1.82) is 0 Å². The third-order valence-corrected chi connectivity index (χ3v) is 10.7. The van der Waals surface area contributed by atoms with Gasteiger partial charge in [0.05, 0.1) is 22.6 Å². The minimum atomic E-state index is 0.961. The number of benzene rings is 8. The van der Waals surface area contributed by atoms with Crippen molar-refractivity contribution in [3.8, 4) is 78.3 Å². The van der Waals surface area contributed by atoms with E-state index in [1.54, 1.807) is 0 Å². The molecule has 2 aromatic heterocycles. The summed E-state index contributed by atoms with van der Waals surface area (Å²) in [5, 5.41) is 3.58. The van der Waals surface area contributed by atoms with Gasteiger partial charge in [0.1, 0.15) is 0 Å². The second kappa shape index (κ2) is 14.4. The fourth-order valence-electron chi connectivity index (χ4n) is 7.88. The van der Waals surface area contributed by atoms with Gasteiger partial charge in [0.15, 0.2) is 0 Å². The predicted octanol–water partition coefficient (Wildman–Crippen LogP) is 14.5. The zero-order chi connectivity index (χ0) is 37.3. The number of pyridine rings is 2. The predicted molar refractivity (Wildman–Crippen MR) is 235 cm³/mol. The Balaban J connectivity index is 1.07. The molecule has 0 radical (unpaired) electrons. The molecule has 0 fully saturated rings. The van der Waals surface area contributed by atoms with E-state index in [0.29, 0.717) is 0 Å². The molecule has 2 nitrogen and oxygen atoms in total. The lowest BCUT2D eigenvalue weighted by atomic mass is 9.89. The lowest BCUT2D eigenvalue weighted by Gasteiger charge is -2.16. The molecule has 2 heteroatoms. The monoisotopic (exact) mass is 712 g/mol. The van der Waals surface area contributed by atoms with Crippen LogP contribution in [0.4, 0.5) is 0 Å². The molecule has 56 heavy (non-hydrogen) atoms. The van der Waals surface area contributed by atoms with E-state index in [2.05, 4.69) is 206 Å². The summed E-state index contributed by atoms with van der Waals surface area (Å²) >= 11 is 0. The summed E-state index contributed by atoms with van der Waals surface area (Å²) < 4.78 is 0. The molecule has 0 unspecified atom stereocenters. The molecular weight excluding hydrogens is 677 g/mol. The van der Waals surface area contributed by atoms with Gasteiger partial charge in [0.25, 0.3) is 0 Å². The number of rotatable bonds is 7. The minimum absolute atomic E-state index is 0.961. The van der Waals surface area contributed by atoms with Crippen molar-refractivity contribution >= 4 is 21.7 Å². The third-order valence-electron chi connectivity index (χ3n) is 10.7. The van der Waals surface area contributed by atoms with Crippen molar-refractivity contribution < 1.29 is 0 Å². The summed E-state index contributed by atoms with van der Waals surface area (Å²) in [4.78, 5) is 10.4. The first-order valence-corrected chi connectivity index (χ1v) is 19.1. The average molecular weight is 713 g/mol. The van der Waals surface area contributed by atoms with Gasteiger partial charge >= 0.3 is 0 Å². The molecule has 10 aromatic rings. The van der Waals surface area contributed by atoms with Crippen LogP contribution in [-0.2, 0) is 0 Å². The van der Waals surface area contributed by atoms with Crippen molar-refractivity contribution in [3.63, 3.8) is 0 Å². The number of hydrogen-bond donors (Lipinski definition) is 0. The van der Waals surface area contributed by atoms with Gasteiger partial charge in [0.2, 0.25) is 0 Å². The van der Waals surface area contributed by atoms with Crippen LogP contribution >= 0.6 is 0 Å². The zero-order valence-electron chi connectivity index (χ0n) is 30.7. The van der Waals surface area contributed by atoms with Gasteiger partial charge in [-0.2, -0.15) is 0 Å². The highest BCUT2D eigenvalue weighted by Gasteiger charge is 2.17. The standard InChI is InChI=1S/C54H36N2/c1-5-16-39(17-6-1)49-36-52(42-22-11-4-12-23-42)56-53-35-48(46-26-13-14-27-47(46)54(49)53)44-25-15-24-43(32-44)37-28-30-38(31-29-37)45-33-50(40-18-7-2-8-19-40)55-51(34-45)41-20-9-3-10-21-41/h1-36H. The van der Waals surface area contributed by atoms with Crippen LogP contribution in [0.1, 0.15) is 0 Å². The van der Waals surface area contributed by atoms with E-state index >= 15 is 0 Å². The molecule has 0 amide bonds. The highest BCUT2D eigenvalue weighted by atomic mass is 14.7. The van der Waals surface area contributed by atoms with Crippen molar-refractivity contribution in [2.45, 2.75) is 0 Å². The molecule has 8 aromatic carbocycles. The van der Waals surface area contributed by atoms with Crippen LogP contribution in [0.15, 0.2) is 218 Å². The van der Waals surface area contributed by atoms with Crippen LogP contribution in [0.3, 0.4) is 0 Å². The summed E-state index contributed by atoms with van der Waals surface area (Å²) in [5.41, 5.74) is 16.5. The smallest absolute Gasteiger partial charge is 0.0728 e. The molecular formula is C54H36N2. The maximum absolute atomic E-state index is 5.33. The van der Waals surface area contributed by atoms with E-state index in [4.69, 9.17) is 9.97 Å². The van der Waals surface area contributed by atoms with Crippen LogP contribution in [0.25, 0.3) is 100.0 Å². The average Bonchev–Trinajstić information content (AvgIpc) is 3.29. The fraction of sp³-hybridized carbons (Fsp3) is 0. The van der Waals surface area contributed by atoms with Gasteiger partial charge in [0, 0.05) is 22.1 Å². The lowest BCUT2D eigenvalue weighted by Crippen LogP contribution is -1.93. The quantitative estimate of drug-likeness (QED) is 0.154. The molecule has 0 atom stereocenters. The largest absolute Gasteiger partial charge is 0.248 e. The Morgan fingerprint density at radius 1 is 0.232 bits per heavy atom. The Morgan fingerprint density at radius 3 is 1.25 bits per heavy atom. The van der Waals surface area contributed by atoms with Gasteiger partial charge in [-0.25, -0.2) is 9.97 Å². The molecule has 0 spiro atoms. The summed E-state index contributed by atoms with van der Waals surface area (Å²) in [6.45, 7) is 0. The molecule has 0 saturated heterocycles. The SMILES string of the molecule is c1ccc(-c2cc(-c3ccc(-c4cccc(-c5cc6nc(-c7ccccc7)cc(-c7ccccc7)c6c6ccccc56)c4)cc3)cc(-c3ccccc3)n2)cc1. The molecule has 262 valence electrons. The molecule has 0 aliphatic carbocycles. The van der Waals surface area contributed by atoms with Gasteiger partial charge in [-0.1, -0.05) is 188 Å². The van der Waals surface area contributed by atoms with Crippen LogP contribution < -0.4 is 0 Å². The molecule has 0 aliphatic heterocycles. The molecule has 0 bridgehead atoms. The number of aromatic nitrogens is 2. The zero-order valence-corrected chi connectivity index (χ0v) is 30.7. The van der Waals surface area contributed by atoms with E-state index < -0.39 is 0 Å². The Morgan fingerprint density at radius 2 is 0.679 bits per heavy atom. The Kier molecular flexibility index (Phi) is 8.55. The van der Waals surface area contributed by atoms with Gasteiger partial charge < -0.3 is 0 Å². The van der Waals surface area contributed by atoms with E-state index in [1.165, 1.54) is 38.4 Å². The lowest BCUT2D eigenvalue weighted by molar-refractivity contribution is 1.32. The van der Waals surface area contributed by atoms with Crippen molar-refractivity contribution in [2.75, 3.05) is 0 Å². The Labute approximate surface area is 327 Å². The first kappa shape index (κ1) is 33.2. The Bertz CT molecular complexity index is 2920. The van der Waals surface area contributed by atoms with Crippen LogP contribution in [0, 0.1) is 0 Å². The maximum Gasteiger partial charge on any atom is 0.0728 e. The first-order chi connectivity index (χ1) is 27.7. The summed E-state index contributed by atoms with van der Waals surface area (Å²) in [7, 11) is 0. The molecule has 0 N–H and O–H groups in total. The number of fused-ring (bicyclic) bond motifs is 3. The molecule has 2 heterocycles. The number of hydrogen-bond acceptors (Lipinski definition) is 2. The topological polar surface area (TPSA) is 25.8 Å². The van der Waals surface area contributed by atoms with E-state index in [0.717, 1.165) is 61.5 Å². The highest BCUT2D eigenvalue weighted by Crippen LogP contribution is 2.41. The minimum Gasteiger partial charge on any atom is -0.248 e. The van der Waals surface area contributed by atoms with E-state index in [9.17, 15) is 0 Å². The molecule has 0 saturated carbocycles. The highest BCUT2D eigenvalue weighted by molar-refractivity contribution is 6.18. The van der Waals surface area contributed by atoms with Crippen LogP contribution in [0.5, 0.6) is 0 Å². The van der Waals surface area contributed by atoms with Crippen LogP contribution in [-0.4, -0.2) is 9.97 Å². The van der Waals surface area contributed by atoms with Gasteiger partial charge in [-0.05, 0) is 85.6 Å². The van der Waals surface area contributed by atoms with Crippen molar-refractivity contribution in [3.05, 3.63) is 218 Å². The van der Waals surface area contributed by atoms with Crippen LogP contribution in [0.2, 0.25) is 0 Å². The van der Waals surface area contributed by atoms with Crippen molar-refractivity contribution in [1.82, 2.24) is 9.97 Å². The normalized spacial score (nSPS) is 11.2. The fourth-order valence-corrected chi connectivity index (χ4v) is 7.88. The maximum atomic E-state index is 5.33. The summed E-state index contributed by atoms with van der Waals surface area (Å²) in [6, 6.07) is 77.5. The van der Waals surface area contributed by atoms with E-state index in [-0.39, 0.29) is 0 Å². The second-order valence-corrected chi connectivity index (χ2v) is 14.2. The molecule has 10 rings (SSSR count). The van der Waals surface area contributed by atoms with E-state index in [1.807, 2.05) is 12.1 Å². The van der Waals surface area contributed by atoms with Crippen molar-refractivity contribution in [2.24, 2.45) is 0 Å². The molecule has 0 aliphatic rings. The second-order valence-electron chi connectivity index (χ2n) is 14.2. The summed E-state index contributed by atoms with van der Waals surface area (Å²) in [6.07, 6.45) is 0. The first-order valence-electron chi connectivity index (χ1n) is 19.1. The van der Waals surface area contributed by atoms with Gasteiger partial charge in [-0.15, -0.1) is 0 Å². The van der Waals surface area contributed by atoms with Gasteiger partial charge in [-0.3, -0.25) is 0 Å². The Hall–Kier alpha value is -7.42. The third kappa shape index (κ3) is 6.34. The number of nitrogens with zero attached hydrogens (tertiary/aromatic N) is 2.